The number of hydrogen-bond donors (Lipinski definition) is 1. The summed E-state index contributed by atoms with van der Waals surface area (Å²) in [5.74, 6) is 1.76. The topological polar surface area (TPSA) is 57.8 Å². The molecular weight excluding hydrogens is 354 g/mol. The highest BCUT2D eigenvalue weighted by molar-refractivity contribution is 5.89. The molecule has 0 bridgehead atoms. The van der Waals surface area contributed by atoms with Gasteiger partial charge in [0.25, 0.3) is 0 Å². The van der Waals surface area contributed by atoms with Crippen LogP contribution in [0.5, 0.6) is 11.5 Å². The molecular formula is C22H21N3O3. The quantitative estimate of drug-likeness (QED) is 0.711. The maximum Gasteiger partial charge on any atom is 0.240 e. The molecule has 6 nitrogen and oxygen atoms in total. The number of para-hydroxylation sites is 1. The van der Waals surface area contributed by atoms with E-state index >= 15 is 0 Å². The molecule has 3 aliphatic heterocycles. The third kappa shape index (κ3) is 2.15. The van der Waals surface area contributed by atoms with Crippen LogP contribution < -0.4 is 9.47 Å². The van der Waals surface area contributed by atoms with Gasteiger partial charge in [0.05, 0.1) is 12.1 Å². The summed E-state index contributed by atoms with van der Waals surface area (Å²) in [4.78, 5) is 20.9. The monoisotopic (exact) mass is 375 g/mol. The Labute approximate surface area is 162 Å². The molecule has 4 heterocycles. The molecule has 0 unspecified atom stereocenters. The fourth-order valence-electron chi connectivity index (χ4n) is 4.92. The Hall–Kier alpha value is -2.99. The van der Waals surface area contributed by atoms with E-state index in [4.69, 9.17) is 9.47 Å². The summed E-state index contributed by atoms with van der Waals surface area (Å²) < 4.78 is 11.1. The van der Waals surface area contributed by atoms with E-state index in [1.807, 2.05) is 24.1 Å². The molecule has 1 aromatic heterocycles. The van der Waals surface area contributed by atoms with E-state index in [0.717, 1.165) is 42.1 Å². The van der Waals surface area contributed by atoms with Crippen molar-refractivity contribution in [3.63, 3.8) is 0 Å². The summed E-state index contributed by atoms with van der Waals surface area (Å²) in [6, 6.07) is 14.4. The van der Waals surface area contributed by atoms with E-state index in [0.29, 0.717) is 0 Å². The van der Waals surface area contributed by atoms with Crippen LogP contribution in [0.1, 0.15) is 22.9 Å². The first-order valence-electron chi connectivity index (χ1n) is 9.70. The van der Waals surface area contributed by atoms with Crippen molar-refractivity contribution in [2.75, 3.05) is 26.9 Å². The maximum absolute atomic E-state index is 13.0. The van der Waals surface area contributed by atoms with Crippen LogP contribution in [0, 0.1) is 0 Å². The smallest absolute Gasteiger partial charge is 0.240 e. The van der Waals surface area contributed by atoms with Crippen LogP contribution in [-0.4, -0.2) is 53.7 Å². The zero-order valence-electron chi connectivity index (χ0n) is 15.6. The molecule has 6 heteroatoms. The van der Waals surface area contributed by atoms with Crippen molar-refractivity contribution in [1.29, 1.82) is 0 Å². The normalized spacial score (nSPS) is 23.8. The molecule has 2 aromatic carbocycles. The molecule has 3 aliphatic rings. The van der Waals surface area contributed by atoms with Gasteiger partial charge in [-0.05, 0) is 35.7 Å². The number of piperazine rings is 1. The van der Waals surface area contributed by atoms with Crippen LogP contribution in [0.4, 0.5) is 0 Å². The first-order valence-corrected chi connectivity index (χ1v) is 9.70. The second kappa shape index (κ2) is 5.75. The van der Waals surface area contributed by atoms with Crippen LogP contribution in [0.25, 0.3) is 10.9 Å². The molecule has 1 amide bonds. The van der Waals surface area contributed by atoms with Crippen molar-refractivity contribution in [2.24, 2.45) is 0 Å². The third-order valence-corrected chi connectivity index (χ3v) is 6.32. The Kier molecular flexibility index (Phi) is 3.29. The molecule has 3 aromatic rings. The Morgan fingerprint density at radius 2 is 1.93 bits per heavy atom. The SMILES string of the molecule is CN1CCN2[C@@H](c3ccc4c(c3)OCO4)c3[nH]c4ccccc4c3C[C@@H]2C1=O. The highest BCUT2D eigenvalue weighted by Gasteiger charge is 2.44. The van der Waals surface area contributed by atoms with Crippen LogP contribution >= 0.6 is 0 Å². The van der Waals surface area contributed by atoms with Gasteiger partial charge in [-0.2, -0.15) is 0 Å². The van der Waals surface area contributed by atoms with Crippen molar-refractivity contribution < 1.29 is 14.3 Å². The number of hydrogen-bond acceptors (Lipinski definition) is 4. The van der Waals surface area contributed by atoms with Gasteiger partial charge in [-0.25, -0.2) is 0 Å². The molecule has 0 radical (unpaired) electrons. The molecule has 28 heavy (non-hydrogen) atoms. The molecule has 1 N–H and O–H groups in total. The predicted octanol–water partition coefficient (Wildman–Crippen LogP) is 2.68. The van der Waals surface area contributed by atoms with E-state index in [1.165, 1.54) is 16.6 Å². The van der Waals surface area contributed by atoms with Gasteiger partial charge in [-0.3, -0.25) is 9.69 Å². The standard InChI is InChI=1S/C22H21N3O3/c1-24-8-9-25-17(22(24)26)11-15-14-4-2-3-5-16(14)23-20(15)21(25)13-6-7-18-19(10-13)28-12-27-18/h2-7,10,17,21,23H,8-9,11-12H2,1H3/t17-,21+/m1/s1. The fraction of sp³-hybridized carbons (Fsp3) is 0.318. The van der Waals surface area contributed by atoms with Crippen molar-refractivity contribution in [3.8, 4) is 11.5 Å². The van der Waals surface area contributed by atoms with Crippen molar-refractivity contribution >= 4 is 16.8 Å². The minimum absolute atomic E-state index is 0.00620. The highest BCUT2D eigenvalue weighted by Crippen LogP contribution is 2.44. The number of aromatic nitrogens is 1. The van der Waals surface area contributed by atoms with Crippen molar-refractivity contribution in [3.05, 3.63) is 59.3 Å². The average molecular weight is 375 g/mol. The summed E-state index contributed by atoms with van der Waals surface area (Å²) in [5.41, 5.74) is 4.69. The lowest BCUT2D eigenvalue weighted by atomic mass is 9.86. The lowest BCUT2D eigenvalue weighted by Crippen LogP contribution is -2.59. The van der Waals surface area contributed by atoms with Gasteiger partial charge >= 0.3 is 0 Å². The zero-order valence-corrected chi connectivity index (χ0v) is 15.6. The number of amides is 1. The molecule has 1 fully saturated rings. The second-order valence-corrected chi connectivity index (χ2v) is 7.80. The molecule has 1 saturated heterocycles. The summed E-state index contributed by atoms with van der Waals surface area (Å²) in [6.45, 7) is 1.85. The van der Waals surface area contributed by atoms with Gasteiger partial charge in [-0.15, -0.1) is 0 Å². The lowest BCUT2D eigenvalue weighted by molar-refractivity contribution is -0.141. The van der Waals surface area contributed by atoms with Gasteiger partial charge in [-0.1, -0.05) is 24.3 Å². The number of rotatable bonds is 1. The molecule has 2 atom stereocenters. The van der Waals surface area contributed by atoms with E-state index in [-0.39, 0.29) is 24.8 Å². The number of ether oxygens (including phenoxy) is 2. The minimum atomic E-state index is -0.138. The number of nitrogens with one attached hydrogen (secondary N) is 1. The number of likely N-dealkylation sites (N-methyl/N-ethyl adjacent to an activating group) is 1. The van der Waals surface area contributed by atoms with Crippen LogP contribution in [0.2, 0.25) is 0 Å². The number of carbonyl (C=O) groups excluding carboxylic acids is 1. The summed E-state index contributed by atoms with van der Waals surface area (Å²) >= 11 is 0. The minimum Gasteiger partial charge on any atom is -0.454 e. The van der Waals surface area contributed by atoms with E-state index < -0.39 is 0 Å². The number of carbonyl (C=O) groups is 1. The Bertz CT molecular complexity index is 1110. The third-order valence-electron chi connectivity index (χ3n) is 6.32. The maximum atomic E-state index is 13.0. The molecule has 0 aliphatic carbocycles. The van der Waals surface area contributed by atoms with Gasteiger partial charge in [0.15, 0.2) is 11.5 Å². The highest BCUT2D eigenvalue weighted by atomic mass is 16.7. The van der Waals surface area contributed by atoms with Gasteiger partial charge in [0, 0.05) is 36.7 Å². The van der Waals surface area contributed by atoms with Crippen LogP contribution in [0.3, 0.4) is 0 Å². The van der Waals surface area contributed by atoms with Gasteiger partial charge < -0.3 is 19.4 Å². The zero-order chi connectivity index (χ0) is 18.8. The summed E-state index contributed by atoms with van der Waals surface area (Å²) in [7, 11) is 1.90. The van der Waals surface area contributed by atoms with Crippen LogP contribution in [0.15, 0.2) is 42.5 Å². The number of benzene rings is 2. The molecule has 6 rings (SSSR count). The largest absolute Gasteiger partial charge is 0.454 e. The number of fused-ring (bicyclic) bond motifs is 5. The number of H-pyrrole nitrogens is 1. The molecule has 142 valence electrons. The van der Waals surface area contributed by atoms with Crippen LogP contribution in [-0.2, 0) is 11.2 Å². The van der Waals surface area contributed by atoms with E-state index in [2.05, 4.69) is 40.2 Å². The first-order chi connectivity index (χ1) is 13.7. The Balaban J connectivity index is 1.56. The molecule has 0 spiro atoms. The van der Waals surface area contributed by atoms with E-state index in [9.17, 15) is 4.79 Å². The van der Waals surface area contributed by atoms with Gasteiger partial charge in [0.2, 0.25) is 12.7 Å². The summed E-state index contributed by atoms with van der Waals surface area (Å²) in [5, 5.41) is 1.21. The summed E-state index contributed by atoms with van der Waals surface area (Å²) in [6.07, 6.45) is 0.740. The number of nitrogens with zero attached hydrogens (tertiary/aromatic N) is 2. The average Bonchev–Trinajstić information content (AvgIpc) is 3.33. The fourth-order valence-corrected chi connectivity index (χ4v) is 4.92. The number of aromatic amines is 1. The lowest BCUT2D eigenvalue weighted by Gasteiger charge is -2.46. The Morgan fingerprint density at radius 1 is 1.07 bits per heavy atom. The van der Waals surface area contributed by atoms with Crippen molar-refractivity contribution in [1.82, 2.24) is 14.8 Å². The van der Waals surface area contributed by atoms with E-state index in [1.54, 1.807) is 0 Å². The molecule has 0 saturated carbocycles. The van der Waals surface area contributed by atoms with Gasteiger partial charge in [0.1, 0.15) is 0 Å². The Morgan fingerprint density at radius 3 is 2.86 bits per heavy atom. The second-order valence-electron chi connectivity index (χ2n) is 7.80. The predicted molar refractivity (Wildman–Crippen MR) is 105 cm³/mol. The van der Waals surface area contributed by atoms with Crippen molar-refractivity contribution in [2.45, 2.75) is 18.5 Å². The first kappa shape index (κ1) is 16.0.